The van der Waals surface area contributed by atoms with Crippen LogP contribution in [0.3, 0.4) is 0 Å². The lowest BCUT2D eigenvalue weighted by atomic mass is 10.2. The SMILES string of the molecule is Nc1ccc(=O)n(Cc2ccc(F)cc2Cl)n1. The molecule has 0 saturated heterocycles. The Bertz CT molecular complexity index is 612. The van der Waals surface area contributed by atoms with Gasteiger partial charge in [0.05, 0.1) is 6.54 Å². The summed E-state index contributed by atoms with van der Waals surface area (Å²) in [5, 5.41) is 4.11. The number of benzene rings is 1. The average molecular weight is 254 g/mol. The summed E-state index contributed by atoms with van der Waals surface area (Å²) >= 11 is 5.86. The van der Waals surface area contributed by atoms with Gasteiger partial charge in [-0.05, 0) is 23.8 Å². The highest BCUT2D eigenvalue weighted by atomic mass is 35.5. The Kier molecular flexibility index (Phi) is 3.10. The molecule has 0 spiro atoms. The van der Waals surface area contributed by atoms with E-state index in [1.54, 1.807) is 0 Å². The van der Waals surface area contributed by atoms with Gasteiger partial charge in [-0.2, -0.15) is 5.10 Å². The van der Waals surface area contributed by atoms with Crippen molar-refractivity contribution in [2.24, 2.45) is 0 Å². The molecule has 2 N–H and O–H groups in total. The van der Waals surface area contributed by atoms with Crippen molar-refractivity contribution in [3.8, 4) is 0 Å². The predicted octanol–water partition coefficient (Wildman–Crippen LogP) is 1.67. The Hall–Kier alpha value is -1.88. The first-order chi connectivity index (χ1) is 8.06. The highest BCUT2D eigenvalue weighted by molar-refractivity contribution is 6.31. The predicted molar refractivity (Wildman–Crippen MR) is 63.4 cm³/mol. The van der Waals surface area contributed by atoms with Crippen LogP contribution < -0.4 is 11.3 Å². The molecule has 4 nitrogen and oxygen atoms in total. The quantitative estimate of drug-likeness (QED) is 0.886. The lowest BCUT2D eigenvalue weighted by Gasteiger charge is -2.06. The lowest BCUT2D eigenvalue weighted by Crippen LogP contribution is -2.23. The minimum Gasteiger partial charge on any atom is -0.382 e. The van der Waals surface area contributed by atoms with Crippen molar-refractivity contribution >= 4 is 17.4 Å². The van der Waals surface area contributed by atoms with E-state index in [1.165, 1.54) is 35.0 Å². The van der Waals surface area contributed by atoms with E-state index in [4.69, 9.17) is 17.3 Å². The Labute approximate surface area is 101 Å². The fourth-order valence-electron chi connectivity index (χ4n) is 1.39. The zero-order chi connectivity index (χ0) is 12.4. The molecule has 0 atom stereocenters. The van der Waals surface area contributed by atoms with Gasteiger partial charge in [0.2, 0.25) is 0 Å². The van der Waals surface area contributed by atoms with Crippen LogP contribution in [0.15, 0.2) is 35.1 Å². The van der Waals surface area contributed by atoms with E-state index >= 15 is 0 Å². The van der Waals surface area contributed by atoms with Gasteiger partial charge in [-0.15, -0.1) is 0 Å². The van der Waals surface area contributed by atoms with Gasteiger partial charge in [0.1, 0.15) is 11.6 Å². The highest BCUT2D eigenvalue weighted by Crippen LogP contribution is 2.17. The minimum absolute atomic E-state index is 0.156. The molecule has 0 aliphatic rings. The third kappa shape index (κ3) is 2.62. The van der Waals surface area contributed by atoms with Gasteiger partial charge in [-0.3, -0.25) is 4.79 Å². The van der Waals surface area contributed by atoms with Gasteiger partial charge in [-0.1, -0.05) is 17.7 Å². The molecular formula is C11H9ClFN3O. The summed E-state index contributed by atoms with van der Waals surface area (Å²) in [5.74, 6) is -0.186. The van der Waals surface area contributed by atoms with Crippen molar-refractivity contribution < 1.29 is 4.39 Å². The second-order valence-corrected chi connectivity index (χ2v) is 3.90. The first-order valence-electron chi connectivity index (χ1n) is 4.84. The summed E-state index contributed by atoms with van der Waals surface area (Å²) in [5.41, 5.74) is 5.79. The number of nitrogen functional groups attached to an aromatic ring is 1. The topological polar surface area (TPSA) is 60.9 Å². The van der Waals surface area contributed by atoms with Crippen molar-refractivity contribution in [1.82, 2.24) is 9.78 Å². The number of nitrogens with two attached hydrogens (primary N) is 1. The fraction of sp³-hybridized carbons (Fsp3) is 0.0909. The van der Waals surface area contributed by atoms with Crippen LogP contribution in [-0.2, 0) is 6.54 Å². The number of hydrogen-bond donors (Lipinski definition) is 1. The number of nitrogens with zero attached hydrogens (tertiary/aromatic N) is 2. The Morgan fingerprint density at radius 1 is 1.35 bits per heavy atom. The molecule has 0 unspecified atom stereocenters. The molecular weight excluding hydrogens is 245 g/mol. The number of aromatic nitrogens is 2. The molecule has 0 amide bonds. The van der Waals surface area contributed by atoms with E-state index in [9.17, 15) is 9.18 Å². The molecule has 1 heterocycles. The molecule has 0 aliphatic heterocycles. The number of rotatable bonds is 2. The van der Waals surface area contributed by atoms with Crippen molar-refractivity contribution in [3.05, 3.63) is 57.1 Å². The first kappa shape index (κ1) is 11.6. The standard InChI is InChI=1S/C11H9ClFN3O/c12-9-5-8(13)2-1-7(9)6-16-11(17)4-3-10(14)15-16/h1-5H,6H2,(H2,14,15). The molecule has 2 rings (SSSR count). The van der Waals surface area contributed by atoms with Gasteiger partial charge >= 0.3 is 0 Å². The van der Waals surface area contributed by atoms with Crippen LogP contribution in [0.1, 0.15) is 5.56 Å². The summed E-state index contributed by atoms with van der Waals surface area (Å²) in [6, 6.07) is 6.71. The van der Waals surface area contributed by atoms with E-state index in [2.05, 4.69) is 5.10 Å². The van der Waals surface area contributed by atoms with Crippen LogP contribution in [0.2, 0.25) is 5.02 Å². The van der Waals surface area contributed by atoms with Crippen molar-refractivity contribution in [2.75, 3.05) is 5.73 Å². The molecule has 0 aliphatic carbocycles. The number of anilines is 1. The molecule has 17 heavy (non-hydrogen) atoms. The van der Waals surface area contributed by atoms with Crippen molar-refractivity contribution in [1.29, 1.82) is 0 Å². The maximum Gasteiger partial charge on any atom is 0.267 e. The smallest absolute Gasteiger partial charge is 0.267 e. The molecule has 0 fully saturated rings. The van der Waals surface area contributed by atoms with Crippen LogP contribution >= 0.6 is 11.6 Å². The Morgan fingerprint density at radius 3 is 2.82 bits per heavy atom. The van der Waals surface area contributed by atoms with Crippen LogP contribution in [0.5, 0.6) is 0 Å². The number of halogens is 2. The summed E-state index contributed by atoms with van der Waals surface area (Å²) in [6.07, 6.45) is 0. The molecule has 0 saturated carbocycles. The maximum atomic E-state index is 12.8. The van der Waals surface area contributed by atoms with E-state index in [1.807, 2.05) is 0 Å². The third-order valence-electron chi connectivity index (χ3n) is 2.22. The Morgan fingerprint density at radius 2 is 2.12 bits per heavy atom. The van der Waals surface area contributed by atoms with Crippen LogP contribution in [-0.4, -0.2) is 9.78 Å². The van der Waals surface area contributed by atoms with E-state index in [0.717, 1.165) is 0 Å². The Balaban J connectivity index is 2.38. The van der Waals surface area contributed by atoms with Crippen LogP contribution in [0.4, 0.5) is 10.2 Å². The van der Waals surface area contributed by atoms with Crippen LogP contribution in [0, 0.1) is 5.82 Å². The molecule has 1 aromatic carbocycles. The first-order valence-corrected chi connectivity index (χ1v) is 5.21. The van der Waals surface area contributed by atoms with E-state index in [-0.39, 0.29) is 22.9 Å². The molecule has 0 bridgehead atoms. The summed E-state index contributed by atoms with van der Waals surface area (Å²) in [6.45, 7) is 0.156. The minimum atomic E-state index is -0.424. The van der Waals surface area contributed by atoms with Crippen molar-refractivity contribution in [3.63, 3.8) is 0 Å². The maximum absolute atomic E-state index is 12.8. The fourth-order valence-corrected chi connectivity index (χ4v) is 1.62. The van der Waals surface area contributed by atoms with Gasteiger partial charge in [0.25, 0.3) is 5.56 Å². The van der Waals surface area contributed by atoms with Gasteiger partial charge in [-0.25, -0.2) is 9.07 Å². The van der Waals surface area contributed by atoms with E-state index in [0.29, 0.717) is 5.56 Å². The molecule has 1 aromatic heterocycles. The summed E-state index contributed by atoms with van der Waals surface area (Å²) < 4.78 is 14.0. The highest BCUT2D eigenvalue weighted by Gasteiger charge is 2.05. The summed E-state index contributed by atoms with van der Waals surface area (Å²) in [4.78, 5) is 11.5. The normalized spacial score (nSPS) is 10.5. The van der Waals surface area contributed by atoms with E-state index < -0.39 is 5.82 Å². The molecule has 6 heteroatoms. The van der Waals surface area contributed by atoms with Gasteiger partial charge in [0.15, 0.2) is 0 Å². The van der Waals surface area contributed by atoms with Crippen LogP contribution in [0.25, 0.3) is 0 Å². The van der Waals surface area contributed by atoms with Gasteiger partial charge < -0.3 is 5.73 Å². The lowest BCUT2D eigenvalue weighted by molar-refractivity contribution is 0.620. The third-order valence-corrected chi connectivity index (χ3v) is 2.57. The van der Waals surface area contributed by atoms with Gasteiger partial charge in [0, 0.05) is 11.1 Å². The molecule has 88 valence electrons. The average Bonchev–Trinajstić information content (AvgIpc) is 2.27. The van der Waals surface area contributed by atoms with Crippen molar-refractivity contribution in [2.45, 2.75) is 6.54 Å². The summed E-state index contributed by atoms with van der Waals surface area (Å²) in [7, 11) is 0. The second kappa shape index (κ2) is 4.55. The molecule has 2 aromatic rings. The largest absolute Gasteiger partial charge is 0.382 e. The zero-order valence-electron chi connectivity index (χ0n) is 8.73. The number of hydrogen-bond acceptors (Lipinski definition) is 3. The zero-order valence-corrected chi connectivity index (χ0v) is 9.49. The monoisotopic (exact) mass is 253 g/mol. The molecule has 0 radical (unpaired) electrons. The second-order valence-electron chi connectivity index (χ2n) is 3.49.